The van der Waals surface area contributed by atoms with Gasteiger partial charge in [-0.05, 0) is 43.0 Å². The van der Waals surface area contributed by atoms with Crippen LogP contribution in [0.3, 0.4) is 0 Å². The molecule has 0 saturated heterocycles. The average molecular weight is 270 g/mol. The van der Waals surface area contributed by atoms with Gasteiger partial charge >= 0.3 is 6.36 Å². The summed E-state index contributed by atoms with van der Waals surface area (Å²) in [6.45, 7) is 0.763. The molecule has 0 aliphatic heterocycles. The lowest BCUT2D eigenvalue weighted by molar-refractivity contribution is -0.274. The number of nitrogens with zero attached hydrogens (tertiary/aromatic N) is 1. The third-order valence-electron chi connectivity index (χ3n) is 2.88. The summed E-state index contributed by atoms with van der Waals surface area (Å²) in [7, 11) is 0. The van der Waals surface area contributed by atoms with E-state index < -0.39 is 12.4 Å². The van der Waals surface area contributed by atoms with E-state index in [9.17, 15) is 13.2 Å². The number of halogens is 3. The zero-order chi connectivity index (χ0) is 13.9. The minimum atomic E-state index is -4.69. The van der Waals surface area contributed by atoms with Crippen molar-refractivity contribution in [2.24, 2.45) is 5.92 Å². The first-order chi connectivity index (χ1) is 8.98. The Kier molecular flexibility index (Phi) is 3.96. The Morgan fingerprint density at radius 1 is 1.32 bits per heavy atom. The van der Waals surface area contributed by atoms with Crippen LogP contribution in [0, 0.1) is 17.2 Å². The molecule has 1 aliphatic rings. The molecule has 1 aliphatic carbocycles. The largest absolute Gasteiger partial charge is 0.573 e. The van der Waals surface area contributed by atoms with Crippen LogP contribution in [-0.2, 0) is 0 Å². The van der Waals surface area contributed by atoms with Crippen molar-refractivity contribution in [2.45, 2.75) is 25.2 Å². The molecule has 0 radical (unpaired) electrons. The summed E-state index contributed by atoms with van der Waals surface area (Å²) in [6.07, 6.45) is -2.35. The fraction of sp³-hybridized carbons (Fsp3) is 0.462. The van der Waals surface area contributed by atoms with Gasteiger partial charge < -0.3 is 4.74 Å². The van der Waals surface area contributed by atoms with Crippen molar-refractivity contribution in [3.05, 3.63) is 29.8 Å². The Labute approximate surface area is 109 Å². The average Bonchev–Trinajstić information content (AvgIpc) is 3.14. The van der Waals surface area contributed by atoms with Gasteiger partial charge in [0, 0.05) is 0 Å². The maximum absolute atomic E-state index is 12.0. The van der Waals surface area contributed by atoms with Crippen LogP contribution in [0.4, 0.5) is 13.2 Å². The topological polar surface area (TPSA) is 45.0 Å². The molecule has 0 spiro atoms. The molecule has 6 heteroatoms. The first-order valence-electron chi connectivity index (χ1n) is 5.96. The third-order valence-corrected chi connectivity index (χ3v) is 2.88. The van der Waals surface area contributed by atoms with Crippen molar-refractivity contribution in [1.82, 2.24) is 5.32 Å². The van der Waals surface area contributed by atoms with Gasteiger partial charge in [0.05, 0.1) is 6.07 Å². The monoisotopic (exact) mass is 270 g/mol. The molecule has 1 aromatic carbocycles. The van der Waals surface area contributed by atoms with Crippen LogP contribution < -0.4 is 10.1 Å². The molecule has 1 atom stereocenters. The highest BCUT2D eigenvalue weighted by Crippen LogP contribution is 2.29. The standard InChI is InChI=1S/C13H13F3N2O/c14-13(15,16)19-11-5-3-10(4-6-11)12(7-17)18-8-9-1-2-9/h3-6,9,12,18H,1-2,8H2. The minimum Gasteiger partial charge on any atom is -0.406 e. The van der Waals surface area contributed by atoms with Gasteiger partial charge in [-0.15, -0.1) is 13.2 Å². The van der Waals surface area contributed by atoms with Crippen molar-refractivity contribution in [3.63, 3.8) is 0 Å². The Bertz CT molecular complexity index is 460. The summed E-state index contributed by atoms with van der Waals surface area (Å²) in [4.78, 5) is 0. The van der Waals surface area contributed by atoms with Crippen molar-refractivity contribution >= 4 is 0 Å². The van der Waals surface area contributed by atoms with Crippen LogP contribution in [-0.4, -0.2) is 12.9 Å². The fourth-order valence-electron chi connectivity index (χ4n) is 1.71. The van der Waals surface area contributed by atoms with Crippen LogP contribution in [0.25, 0.3) is 0 Å². The number of benzene rings is 1. The summed E-state index contributed by atoms with van der Waals surface area (Å²) in [5.41, 5.74) is 0.637. The van der Waals surface area contributed by atoms with Gasteiger partial charge in [-0.1, -0.05) is 12.1 Å². The molecule has 1 N–H and O–H groups in total. The minimum absolute atomic E-state index is 0.282. The summed E-state index contributed by atoms with van der Waals surface area (Å²) in [6, 6.07) is 6.96. The molecule has 19 heavy (non-hydrogen) atoms. The number of alkyl halides is 3. The van der Waals surface area contributed by atoms with E-state index in [-0.39, 0.29) is 5.75 Å². The van der Waals surface area contributed by atoms with Gasteiger partial charge in [-0.3, -0.25) is 5.32 Å². The van der Waals surface area contributed by atoms with Crippen molar-refractivity contribution in [2.75, 3.05) is 6.54 Å². The van der Waals surface area contributed by atoms with Crippen LogP contribution in [0.2, 0.25) is 0 Å². The number of nitriles is 1. The van der Waals surface area contributed by atoms with Crippen molar-refractivity contribution in [1.29, 1.82) is 5.26 Å². The van der Waals surface area contributed by atoms with Gasteiger partial charge in [-0.2, -0.15) is 5.26 Å². The smallest absolute Gasteiger partial charge is 0.406 e. The first kappa shape index (κ1) is 13.7. The van der Waals surface area contributed by atoms with E-state index in [1.165, 1.54) is 37.1 Å². The van der Waals surface area contributed by atoms with Crippen LogP contribution in [0.1, 0.15) is 24.4 Å². The molecule has 2 rings (SSSR count). The fourth-order valence-corrected chi connectivity index (χ4v) is 1.71. The maximum Gasteiger partial charge on any atom is 0.573 e. The maximum atomic E-state index is 12.0. The summed E-state index contributed by atoms with van der Waals surface area (Å²) in [5.74, 6) is 0.346. The van der Waals surface area contributed by atoms with Crippen molar-refractivity contribution in [3.8, 4) is 11.8 Å². The lowest BCUT2D eigenvalue weighted by Gasteiger charge is -2.13. The van der Waals surface area contributed by atoms with Gasteiger partial charge in [0.15, 0.2) is 0 Å². The van der Waals surface area contributed by atoms with Crippen LogP contribution >= 0.6 is 0 Å². The number of hydrogen-bond acceptors (Lipinski definition) is 3. The molecule has 0 heterocycles. The number of rotatable bonds is 5. The zero-order valence-electron chi connectivity index (χ0n) is 10.1. The van der Waals surface area contributed by atoms with Crippen LogP contribution in [0.15, 0.2) is 24.3 Å². The predicted octanol–water partition coefficient (Wildman–Crippen LogP) is 3.15. The van der Waals surface area contributed by atoms with Gasteiger partial charge in [0.1, 0.15) is 11.8 Å². The van der Waals surface area contributed by atoms with E-state index in [1.54, 1.807) is 0 Å². The second-order valence-electron chi connectivity index (χ2n) is 4.53. The quantitative estimate of drug-likeness (QED) is 0.894. The molecule has 102 valence electrons. The van der Waals surface area contributed by atoms with E-state index in [2.05, 4.69) is 16.1 Å². The lowest BCUT2D eigenvalue weighted by Crippen LogP contribution is -2.22. The Balaban J connectivity index is 1.97. The number of ether oxygens (including phenoxy) is 1. The molecule has 3 nitrogen and oxygen atoms in total. The highest BCUT2D eigenvalue weighted by molar-refractivity contribution is 5.31. The van der Waals surface area contributed by atoms with Gasteiger partial charge in [-0.25, -0.2) is 0 Å². The Hall–Kier alpha value is -1.74. The third kappa shape index (κ3) is 4.45. The number of hydrogen-bond donors (Lipinski definition) is 1. The molecule has 1 saturated carbocycles. The van der Waals surface area contributed by atoms with E-state index in [0.717, 1.165) is 6.54 Å². The lowest BCUT2D eigenvalue weighted by atomic mass is 10.1. The summed E-state index contributed by atoms with van der Waals surface area (Å²) >= 11 is 0. The first-order valence-corrected chi connectivity index (χ1v) is 5.96. The molecular weight excluding hydrogens is 257 g/mol. The van der Waals surface area contributed by atoms with Gasteiger partial charge in [0.2, 0.25) is 0 Å². The van der Waals surface area contributed by atoms with E-state index >= 15 is 0 Å². The molecule has 0 amide bonds. The summed E-state index contributed by atoms with van der Waals surface area (Å²) in [5, 5.41) is 12.1. The molecule has 1 fully saturated rings. The predicted molar refractivity (Wildman–Crippen MR) is 62.2 cm³/mol. The van der Waals surface area contributed by atoms with Gasteiger partial charge in [0.25, 0.3) is 0 Å². The number of nitrogens with one attached hydrogen (secondary N) is 1. The van der Waals surface area contributed by atoms with Crippen LogP contribution in [0.5, 0.6) is 5.75 Å². The molecule has 0 bridgehead atoms. The normalized spacial score (nSPS) is 16.7. The summed E-state index contributed by atoms with van der Waals surface area (Å²) < 4.78 is 39.8. The highest BCUT2D eigenvalue weighted by atomic mass is 19.4. The van der Waals surface area contributed by atoms with E-state index in [4.69, 9.17) is 5.26 Å². The molecule has 0 aromatic heterocycles. The zero-order valence-corrected chi connectivity index (χ0v) is 10.1. The second kappa shape index (κ2) is 5.49. The van der Waals surface area contributed by atoms with Crippen molar-refractivity contribution < 1.29 is 17.9 Å². The second-order valence-corrected chi connectivity index (χ2v) is 4.53. The molecular formula is C13H13F3N2O. The molecule has 1 unspecified atom stereocenters. The highest BCUT2D eigenvalue weighted by Gasteiger charge is 2.31. The van der Waals surface area contributed by atoms with E-state index in [1.807, 2.05) is 0 Å². The Morgan fingerprint density at radius 3 is 2.42 bits per heavy atom. The van der Waals surface area contributed by atoms with E-state index in [0.29, 0.717) is 11.5 Å². The molecule has 1 aromatic rings. The Morgan fingerprint density at radius 2 is 1.95 bits per heavy atom. The SMILES string of the molecule is N#CC(NCC1CC1)c1ccc(OC(F)(F)F)cc1.